The van der Waals surface area contributed by atoms with E-state index in [4.69, 9.17) is 0 Å². The summed E-state index contributed by atoms with van der Waals surface area (Å²) in [6.45, 7) is 5.68. The summed E-state index contributed by atoms with van der Waals surface area (Å²) in [5, 5.41) is 0. The predicted octanol–water partition coefficient (Wildman–Crippen LogP) is 1.50. The highest BCUT2D eigenvalue weighted by molar-refractivity contribution is 5.87. The molecule has 0 N–H and O–H groups in total. The summed E-state index contributed by atoms with van der Waals surface area (Å²) >= 11 is 0. The van der Waals surface area contributed by atoms with Gasteiger partial charge in [0.05, 0.1) is 11.4 Å². The SMILES string of the molecule is CC(=O)N1CCCC1C(=O)N1CCC(c2cncc(C)n2)CC1. The molecule has 2 aliphatic rings. The summed E-state index contributed by atoms with van der Waals surface area (Å²) < 4.78 is 0. The number of carbonyl (C=O) groups is 2. The first-order chi connectivity index (χ1) is 11.1. The van der Waals surface area contributed by atoms with Crippen molar-refractivity contribution < 1.29 is 9.59 Å². The van der Waals surface area contributed by atoms with Crippen molar-refractivity contribution >= 4 is 11.8 Å². The Kier molecular flexibility index (Phi) is 4.59. The van der Waals surface area contributed by atoms with E-state index in [-0.39, 0.29) is 17.9 Å². The van der Waals surface area contributed by atoms with Crippen molar-refractivity contribution in [3.63, 3.8) is 0 Å². The molecule has 0 radical (unpaired) electrons. The van der Waals surface area contributed by atoms with Crippen LogP contribution in [0.5, 0.6) is 0 Å². The topological polar surface area (TPSA) is 66.4 Å². The molecule has 0 bridgehead atoms. The normalized spacial score (nSPS) is 22.4. The first-order valence-electron chi connectivity index (χ1n) is 8.41. The van der Waals surface area contributed by atoms with Gasteiger partial charge in [-0.15, -0.1) is 0 Å². The van der Waals surface area contributed by atoms with Crippen LogP contribution in [0.3, 0.4) is 0 Å². The fourth-order valence-corrected chi connectivity index (χ4v) is 3.69. The number of aryl methyl sites for hydroxylation is 1. The van der Waals surface area contributed by atoms with Crippen LogP contribution in [-0.2, 0) is 9.59 Å². The summed E-state index contributed by atoms with van der Waals surface area (Å²) in [5.74, 6) is 0.496. The first kappa shape index (κ1) is 15.9. The van der Waals surface area contributed by atoms with Crippen LogP contribution in [0.2, 0.25) is 0 Å². The number of hydrogen-bond donors (Lipinski definition) is 0. The van der Waals surface area contributed by atoms with E-state index in [2.05, 4.69) is 9.97 Å². The third-order valence-electron chi connectivity index (χ3n) is 4.94. The maximum atomic E-state index is 12.7. The van der Waals surface area contributed by atoms with Gasteiger partial charge in [0.1, 0.15) is 6.04 Å². The molecule has 2 fully saturated rings. The van der Waals surface area contributed by atoms with Crippen LogP contribution in [0.4, 0.5) is 0 Å². The second kappa shape index (κ2) is 6.64. The molecule has 1 aromatic heterocycles. The molecule has 2 aliphatic heterocycles. The van der Waals surface area contributed by atoms with Crippen molar-refractivity contribution in [2.24, 2.45) is 0 Å². The van der Waals surface area contributed by atoms with E-state index in [0.29, 0.717) is 12.5 Å². The highest BCUT2D eigenvalue weighted by atomic mass is 16.2. The maximum absolute atomic E-state index is 12.7. The number of nitrogens with zero attached hydrogens (tertiary/aromatic N) is 4. The highest BCUT2D eigenvalue weighted by Crippen LogP contribution is 2.28. The van der Waals surface area contributed by atoms with Gasteiger partial charge in [-0.05, 0) is 32.6 Å². The van der Waals surface area contributed by atoms with Gasteiger partial charge >= 0.3 is 0 Å². The van der Waals surface area contributed by atoms with Gasteiger partial charge in [0.2, 0.25) is 11.8 Å². The predicted molar refractivity (Wildman–Crippen MR) is 85.7 cm³/mol. The van der Waals surface area contributed by atoms with Crippen LogP contribution in [0.1, 0.15) is 49.9 Å². The lowest BCUT2D eigenvalue weighted by molar-refractivity contribution is -0.143. The van der Waals surface area contributed by atoms with Crippen LogP contribution in [0.25, 0.3) is 0 Å². The molecule has 1 aromatic rings. The largest absolute Gasteiger partial charge is 0.341 e. The van der Waals surface area contributed by atoms with Crippen molar-refractivity contribution in [3.05, 3.63) is 23.8 Å². The molecule has 2 amide bonds. The quantitative estimate of drug-likeness (QED) is 0.829. The number of rotatable bonds is 2. The molecule has 0 saturated carbocycles. The second-order valence-electron chi connectivity index (χ2n) is 6.56. The lowest BCUT2D eigenvalue weighted by Crippen LogP contribution is -2.49. The van der Waals surface area contributed by atoms with E-state index in [0.717, 1.165) is 50.2 Å². The van der Waals surface area contributed by atoms with Crippen molar-refractivity contribution in [3.8, 4) is 0 Å². The van der Waals surface area contributed by atoms with Crippen LogP contribution in [0, 0.1) is 6.92 Å². The summed E-state index contributed by atoms with van der Waals surface area (Å²) in [6.07, 6.45) is 7.14. The van der Waals surface area contributed by atoms with E-state index >= 15 is 0 Å². The molecular formula is C17H24N4O2. The number of likely N-dealkylation sites (tertiary alicyclic amines) is 2. The van der Waals surface area contributed by atoms with Gasteiger partial charge in [0, 0.05) is 44.9 Å². The molecule has 0 aromatic carbocycles. The number of aromatic nitrogens is 2. The molecule has 0 spiro atoms. The smallest absolute Gasteiger partial charge is 0.245 e. The zero-order valence-corrected chi connectivity index (χ0v) is 13.9. The van der Waals surface area contributed by atoms with E-state index in [9.17, 15) is 9.59 Å². The Morgan fingerprint density at radius 3 is 2.52 bits per heavy atom. The van der Waals surface area contributed by atoms with E-state index in [1.165, 1.54) is 0 Å². The van der Waals surface area contributed by atoms with E-state index in [1.807, 2.05) is 18.0 Å². The third-order valence-corrected chi connectivity index (χ3v) is 4.94. The first-order valence-corrected chi connectivity index (χ1v) is 8.41. The van der Waals surface area contributed by atoms with Crippen molar-refractivity contribution in [2.75, 3.05) is 19.6 Å². The highest BCUT2D eigenvalue weighted by Gasteiger charge is 2.36. The van der Waals surface area contributed by atoms with Gasteiger partial charge in [-0.25, -0.2) is 0 Å². The average Bonchev–Trinajstić information content (AvgIpc) is 3.04. The molecule has 2 saturated heterocycles. The number of carbonyl (C=O) groups excluding carboxylic acids is 2. The third kappa shape index (κ3) is 3.35. The van der Waals surface area contributed by atoms with Gasteiger partial charge in [-0.2, -0.15) is 0 Å². The van der Waals surface area contributed by atoms with Crippen LogP contribution < -0.4 is 0 Å². The van der Waals surface area contributed by atoms with E-state index < -0.39 is 0 Å². The summed E-state index contributed by atoms with van der Waals surface area (Å²) in [6, 6.07) is -0.247. The Bertz CT molecular complexity index is 596. The van der Waals surface area contributed by atoms with Gasteiger partial charge in [-0.3, -0.25) is 19.6 Å². The minimum atomic E-state index is -0.247. The lowest BCUT2D eigenvalue weighted by atomic mass is 9.93. The van der Waals surface area contributed by atoms with Crippen molar-refractivity contribution in [1.29, 1.82) is 0 Å². The Labute approximate surface area is 136 Å². The minimum absolute atomic E-state index is 0.00534. The molecular weight excluding hydrogens is 292 g/mol. The number of amides is 2. The molecule has 1 unspecified atom stereocenters. The zero-order chi connectivity index (χ0) is 16.4. The molecule has 1 atom stereocenters. The van der Waals surface area contributed by atoms with E-state index in [1.54, 1.807) is 18.0 Å². The molecule has 6 heteroatoms. The Balaban J connectivity index is 1.60. The van der Waals surface area contributed by atoms with Gasteiger partial charge in [-0.1, -0.05) is 0 Å². The molecule has 3 rings (SSSR count). The molecule has 23 heavy (non-hydrogen) atoms. The van der Waals surface area contributed by atoms with Crippen LogP contribution in [-0.4, -0.2) is 57.3 Å². The average molecular weight is 316 g/mol. The number of piperidine rings is 1. The lowest BCUT2D eigenvalue weighted by Gasteiger charge is -2.35. The Hall–Kier alpha value is -1.98. The van der Waals surface area contributed by atoms with Crippen molar-refractivity contribution in [1.82, 2.24) is 19.8 Å². The summed E-state index contributed by atoms with van der Waals surface area (Å²) in [5.41, 5.74) is 1.97. The second-order valence-corrected chi connectivity index (χ2v) is 6.56. The standard InChI is InChI=1S/C17H24N4O2/c1-12-10-18-11-15(19-12)14-5-8-20(9-6-14)17(23)16-4-3-7-21(16)13(2)22/h10-11,14,16H,3-9H2,1-2H3. The molecule has 124 valence electrons. The Morgan fingerprint density at radius 2 is 1.87 bits per heavy atom. The fourth-order valence-electron chi connectivity index (χ4n) is 3.69. The minimum Gasteiger partial charge on any atom is -0.341 e. The molecule has 0 aliphatic carbocycles. The zero-order valence-electron chi connectivity index (χ0n) is 13.9. The molecule has 6 nitrogen and oxygen atoms in total. The monoisotopic (exact) mass is 316 g/mol. The van der Waals surface area contributed by atoms with Gasteiger partial charge in [0.15, 0.2) is 0 Å². The van der Waals surface area contributed by atoms with Crippen molar-refractivity contribution in [2.45, 2.75) is 51.5 Å². The summed E-state index contributed by atoms with van der Waals surface area (Å²) in [4.78, 5) is 36.8. The summed E-state index contributed by atoms with van der Waals surface area (Å²) in [7, 11) is 0. The van der Waals surface area contributed by atoms with Gasteiger partial charge < -0.3 is 9.80 Å². The Morgan fingerprint density at radius 1 is 1.13 bits per heavy atom. The number of hydrogen-bond acceptors (Lipinski definition) is 4. The van der Waals surface area contributed by atoms with Crippen LogP contribution in [0.15, 0.2) is 12.4 Å². The van der Waals surface area contributed by atoms with Gasteiger partial charge in [0.25, 0.3) is 0 Å². The van der Waals surface area contributed by atoms with Crippen LogP contribution >= 0.6 is 0 Å². The maximum Gasteiger partial charge on any atom is 0.245 e. The fraction of sp³-hybridized carbons (Fsp3) is 0.647. The molecule has 3 heterocycles.